The fraction of sp³-hybridized carbons (Fsp3) is 0. The van der Waals surface area contributed by atoms with E-state index in [-0.39, 0.29) is 11.5 Å². The van der Waals surface area contributed by atoms with Crippen LogP contribution < -0.4 is 10.6 Å². The van der Waals surface area contributed by atoms with Gasteiger partial charge in [0.15, 0.2) is 0 Å². The molecule has 0 aliphatic rings. The molecule has 108 valence electrons. The lowest BCUT2D eigenvalue weighted by Gasteiger charge is -2.09. The number of hydrogen-bond donors (Lipinski definition) is 3. The molecule has 0 atom stereocenters. The molecule has 8 heteroatoms. The van der Waals surface area contributed by atoms with Crippen molar-refractivity contribution in [2.75, 3.05) is 10.6 Å². The quantitative estimate of drug-likeness (QED) is 0.690. The van der Waals surface area contributed by atoms with Gasteiger partial charge in [0.05, 0.1) is 17.6 Å². The Kier molecular flexibility index (Phi) is 4.68. The number of amides is 2. The number of carboxylic acid groups (broad SMARTS) is 1. The summed E-state index contributed by atoms with van der Waals surface area (Å²) in [5.41, 5.74) is 0.688. The summed E-state index contributed by atoms with van der Waals surface area (Å²) in [6.07, 6.45) is 1.23. The number of hydrogen-bond acceptors (Lipinski definition) is 3. The summed E-state index contributed by atoms with van der Waals surface area (Å²) in [6.45, 7) is 0. The first-order chi connectivity index (χ1) is 9.95. The van der Waals surface area contributed by atoms with Gasteiger partial charge in [0.25, 0.3) is 0 Å². The van der Waals surface area contributed by atoms with Crippen LogP contribution in [0.25, 0.3) is 0 Å². The summed E-state index contributed by atoms with van der Waals surface area (Å²) in [6, 6.07) is 6.14. The molecule has 0 spiro atoms. The first kappa shape index (κ1) is 15.2. The van der Waals surface area contributed by atoms with Gasteiger partial charge in [-0.15, -0.1) is 0 Å². The Morgan fingerprint density at radius 1 is 1.19 bits per heavy atom. The molecule has 1 aromatic carbocycles. The number of nitrogens with zero attached hydrogens (tertiary/aromatic N) is 1. The number of carbonyl (C=O) groups is 2. The number of urea groups is 1. The van der Waals surface area contributed by atoms with Crippen molar-refractivity contribution in [2.45, 2.75) is 0 Å². The topological polar surface area (TPSA) is 91.3 Å². The highest BCUT2D eigenvalue weighted by atomic mass is 127. The van der Waals surface area contributed by atoms with Crippen molar-refractivity contribution in [1.82, 2.24) is 4.98 Å². The highest BCUT2D eigenvalue weighted by molar-refractivity contribution is 14.1. The summed E-state index contributed by atoms with van der Waals surface area (Å²) >= 11 is 1.90. The Morgan fingerprint density at radius 2 is 1.95 bits per heavy atom. The van der Waals surface area contributed by atoms with E-state index in [2.05, 4.69) is 15.6 Å². The molecule has 0 saturated carbocycles. The van der Waals surface area contributed by atoms with Crippen LogP contribution in [0, 0.1) is 9.39 Å². The molecule has 0 unspecified atom stereocenters. The Morgan fingerprint density at radius 3 is 2.52 bits per heavy atom. The molecule has 3 N–H and O–H groups in total. The largest absolute Gasteiger partial charge is 0.477 e. The molecule has 0 fully saturated rings. The van der Waals surface area contributed by atoms with Crippen LogP contribution in [0.3, 0.4) is 0 Å². The number of nitrogens with one attached hydrogen (secondary N) is 2. The van der Waals surface area contributed by atoms with Crippen molar-refractivity contribution in [3.05, 3.63) is 51.6 Å². The maximum absolute atomic E-state index is 12.9. The van der Waals surface area contributed by atoms with Gasteiger partial charge in [-0.2, -0.15) is 0 Å². The summed E-state index contributed by atoms with van der Waals surface area (Å²) in [4.78, 5) is 26.1. The number of rotatable bonds is 3. The van der Waals surface area contributed by atoms with Crippen LogP contribution in [-0.4, -0.2) is 22.1 Å². The molecule has 1 aromatic heterocycles. The number of carbonyl (C=O) groups excluding carboxylic acids is 1. The highest BCUT2D eigenvalue weighted by Gasteiger charge is 2.08. The fourth-order valence-electron chi connectivity index (χ4n) is 1.47. The van der Waals surface area contributed by atoms with Crippen molar-refractivity contribution in [1.29, 1.82) is 0 Å². The molecule has 0 aliphatic heterocycles. The molecule has 6 nitrogen and oxygen atoms in total. The molecular weight excluding hydrogens is 392 g/mol. The first-order valence-electron chi connectivity index (χ1n) is 5.68. The standard InChI is InChI=1S/C13H9FIN3O3/c14-7-1-3-10(9(15)5-7)18-13(21)17-8-2-4-11(12(19)20)16-6-8/h1-6H,(H,19,20)(H2,17,18,21). The predicted molar refractivity (Wildman–Crippen MR) is 83.0 cm³/mol. The highest BCUT2D eigenvalue weighted by Crippen LogP contribution is 2.19. The van der Waals surface area contributed by atoms with E-state index in [1.165, 1.54) is 36.5 Å². The molecule has 0 aliphatic carbocycles. The third kappa shape index (κ3) is 4.12. The van der Waals surface area contributed by atoms with Crippen molar-refractivity contribution >= 4 is 46.0 Å². The van der Waals surface area contributed by atoms with E-state index in [0.29, 0.717) is 14.9 Å². The van der Waals surface area contributed by atoms with Crippen LogP contribution in [0.4, 0.5) is 20.6 Å². The summed E-state index contributed by atoms with van der Waals surface area (Å²) in [5.74, 6) is -1.54. The maximum Gasteiger partial charge on any atom is 0.354 e. The normalized spacial score (nSPS) is 10.0. The molecule has 21 heavy (non-hydrogen) atoms. The van der Waals surface area contributed by atoms with Crippen LogP contribution in [0.5, 0.6) is 0 Å². The van der Waals surface area contributed by atoms with Crippen LogP contribution >= 0.6 is 22.6 Å². The second-order valence-corrected chi connectivity index (χ2v) is 5.10. The SMILES string of the molecule is O=C(Nc1ccc(C(=O)O)nc1)Nc1ccc(F)cc1I. The van der Waals surface area contributed by atoms with E-state index >= 15 is 0 Å². The maximum atomic E-state index is 12.9. The molecule has 0 radical (unpaired) electrons. The van der Waals surface area contributed by atoms with Crippen molar-refractivity contribution in [2.24, 2.45) is 0 Å². The number of anilines is 2. The molecule has 2 amide bonds. The minimum absolute atomic E-state index is 0.117. The van der Waals surface area contributed by atoms with E-state index in [9.17, 15) is 14.0 Å². The van der Waals surface area contributed by atoms with Gasteiger partial charge in [-0.1, -0.05) is 0 Å². The van der Waals surface area contributed by atoms with Gasteiger partial charge >= 0.3 is 12.0 Å². The molecule has 0 bridgehead atoms. The van der Waals surface area contributed by atoms with Gasteiger partial charge in [0.2, 0.25) is 0 Å². The average Bonchev–Trinajstić information content (AvgIpc) is 2.42. The smallest absolute Gasteiger partial charge is 0.354 e. The van der Waals surface area contributed by atoms with Crippen molar-refractivity contribution in [3.8, 4) is 0 Å². The van der Waals surface area contributed by atoms with E-state index < -0.39 is 12.0 Å². The lowest BCUT2D eigenvalue weighted by molar-refractivity contribution is 0.0690. The van der Waals surface area contributed by atoms with Crippen LogP contribution in [0.2, 0.25) is 0 Å². The number of pyridine rings is 1. The molecule has 0 saturated heterocycles. The predicted octanol–water partition coefficient (Wildman–Crippen LogP) is 3.17. The number of carboxylic acids is 1. The van der Waals surface area contributed by atoms with Gasteiger partial charge in [-0.3, -0.25) is 0 Å². The lowest BCUT2D eigenvalue weighted by Crippen LogP contribution is -2.20. The zero-order valence-electron chi connectivity index (χ0n) is 10.4. The van der Waals surface area contributed by atoms with Crippen LogP contribution in [-0.2, 0) is 0 Å². The summed E-state index contributed by atoms with van der Waals surface area (Å²) in [7, 11) is 0. The van der Waals surface area contributed by atoms with E-state index in [1.54, 1.807) is 0 Å². The van der Waals surface area contributed by atoms with Gasteiger partial charge in [0.1, 0.15) is 11.5 Å². The van der Waals surface area contributed by atoms with Crippen molar-refractivity contribution < 1.29 is 19.1 Å². The fourth-order valence-corrected chi connectivity index (χ4v) is 2.08. The zero-order valence-corrected chi connectivity index (χ0v) is 12.6. The van der Waals surface area contributed by atoms with Crippen molar-refractivity contribution in [3.63, 3.8) is 0 Å². The average molecular weight is 401 g/mol. The van der Waals surface area contributed by atoms with Gasteiger partial charge < -0.3 is 15.7 Å². The molecule has 1 heterocycles. The summed E-state index contributed by atoms with van der Waals surface area (Å²) in [5, 5.41) is 13.8. The molecule has 2 rings (SSSR count). The zero-order chi connectivity index (χ0) is 15.4. The first-order valence-corrected chi connectivity index (χ1v) is 6.76. The van der Waals surface area contributed by atoms with Crippen LogP contribution in [0.15, 0.2) is 36.5 Å². The Labute approximate surface area is 132 Å². The minimum Gasteiger partial charge on any atom is -0.477 e. The minimum atomic E-state index is -1.15. The Hall–Kier alpha value is -2.23. The second-order valence-electron chi connectivity index (χ2n) is 3.94. The molecule has 2 aromatic rings. The number of halogens is 2. The Bertz CT molecular complexity index is 692. The Balaban J connectivity index is 2.02. The van der Waals surface area contributed by atoms with Gasteiger partial charge in [-0.05, 0) is 52.9 Å². The van der Waals surface area contributed by atoms with Crippen LogP contribution in [0.1, 0.15) is 10.5 Å². The van der Waals surface area contributed by atoms with Gasteiger partial charge in [-0.25, -0.2) is 19.0 Å². The van der Waals surface area contributed by atoms with E-state index in [1.807, 2.05) is 22.6 Å². The third-order valence-corrected chi connectivity index (χ3v) is 3.31. The number of benzene rings is 1. The number of aromatic nitrogens is 1. The second kappa shape index (κ2) is 6.48. The van der Waals surface area contributed by atoms with Gasteiger partial charge in [0, 0.05) is 3.57 Å². The lowest BCUT2D eigenvalue weighted by atomic mass is 10.3. The van der Waals surface area contributed by atoms with E-state index in [0.717, 1.165) is 0 Å². The number of aromatic carboxylic acids is 1. The molecular formula is C13H9FIN3O3. The monoisotopic (exact) mass is 401 g/mol. The summed E-state index contributed by atoms with van der Waals surface area (Å²) < 4.78 is 13.5. The van der Waals surface area contributed by atoms with E-state index in [4.69, 9.17) is 5.11 Å². The third-order valence-electron chi connectivity index (χ3n) is 2.42.